The number of nitrogens with zero attached hydrogens (tertiary/aromatic N) is 2. The van der Waals surface area contributed by atoms with E-state index < -0.39 is 0 Å². The lowest BCUT2D eigenvalue weighted by Gasteiger charge is -2.14. The lowest BCUT2D eigenvalue weighted by molar-refractivity contribution is 0.364. The molecule has 1 atom stereocenters. The number of rotatable bonds is 3. The van der Waals surface area contributed by atoms with E-state index in [9.17, 15) is 0 Å². The monoisotopic (exact) mass is 170 g/mol. The molecule has 12 heavy (non-hydrogen) atoms. The zero-order chi connectivity index (χ0) is 9.98. The minimum atomic E-state index is 0.462. The largest absolute Gasteiger partial charge is 0.303 e. The van der Waals surface area contributed by atoms with Crippen LogP contribution in [0.5, 0.6) is 0 Å². The highest BCUT2D eigenvalue weighted by Crippen LogP contribution is 1.92. The molecule has 72 valence electrons. The summed E-state index contributed by atoms with van der Waals surface area (Å²) in [7, 11) is 4.09. The Labute approximate surface area is 77.0 Å². The smallest absolute Gasteiger partial charge is 0.0261 e. The van der Waals surface area contributed by atoms with Gasteiger partial charge in [0.1, 0.15) is 0 Å². The molecule has 0 aromatic carbocycles. The van der Waals surface area contributed by atoms with Crippen molar-refractivity contribution >= 4 is 6.21 Å². The Bertz CT molecular complexity index is 126. The summed E-state index contributed by atoms with van der Waals surface area (Å²) < 4.78 is 0. The average Bonchev–Trinajstić information content (AvgIpc) is 2.08. The first-order valence-corrected chi connectivity index (χ1v) is 4.49. The lowest BCUT2D eigenvalue weighted by Crippen LogP contribution is -2.21. The van der Waals surface area contributed by atoms with E-state index in [0.29, 0.717) is 6.04 Å². The van der Waals surface area contributed by atoms with Gasteiger partial charge in [-0.15, -0.1) is 0 Å². The van der Waals surface area contributed by atoms with Crippen LogP contribution >= 0.6 is 0 Å². The highest BCUT2D eigenvalue weighted by atomic mass is 15.1. The zero-order valence-electron chi connectivity index (χ0n) is 9.20. The Morgan fingerprint density at radius 1 is 1.25 bits per heavy atom. The fourth-order valence-corrected chi connectivity index (χ4v) is 0.432. The highest BCUT2D eigenvalue weighted by molar-refractivity contribution is 5.54. The fourth-order valence-electron chi connectivity index (χ4n) is 0.432. The van der Waals surface area contributed by atoms with Crippen molar-refractivity contribution in [2.24, 2.45) is 4.99 Å². The van der Waals surface area contributed by atoms with E-state index in [1.54, 1.807) is 6.21 Å². The van der Waals surface area contributed by atoms with Crippen LogP contribution in [0.1, 0.15) is 27.7 Å². The molecule has 0 saturated heterocycles. The van der Waals surface area contributed by atoms with Gasteiger partial charge in [0.05, 0.1) is 0 Å². The van der Waals surface area contributed by atoms with E-state index >= 15 is 0 Å². The summed E-state index contributed by atoms with van der Waals surface area (Å²) in [4.78, 5) is 6.09. The van der Waals surface area contributed by atoms with E-state index in [1.165, 1.54) is 0 Å². The van der Waals surface area contributed by atoms with E-state index in [0.717, 1.165) is 0 Å². The Hall–Kier alpha value is -0.630. The van der Waals surface area contributed by atoms with Gasteiger partial charge in [-0.2, -0.15) is 0 Å². The first-order chi connectivity index (χ1) is 5.68. The summed E-state index contributed by atoms with van der Waals surface area (Å²) >= 11 is 0. The summed E-state index contributed by atoms with van der Waals surface area (Å²) in [6, 6.07) is 0.462. The number of aliphatic imine (C=N–C) groups is 1. The molecule has 0 amide bonds. The van der Waals surface area contributed by atoms with E-state index in [2.05, 4.69) is 22.9 Å². The molecule has 1 unspecified atom stereocenters. The number of hydrogen-bond acceptors (Lipinski definition) is 2. The lowest BCUT2D eigenvalue weighted by atomic mass is 10.3. The molecule has 0 aliphatic carbocycles. The van der Waals surface area contributed by atoms with Crippen LogP contribution in [0.3, 0.4) is 0 Å². The standard InChI is InChI=1S/C8H16N2.C2H6/c1-5-9-7-6-8(2)10(3)4;1-2/h5-8H,1-4H3;1-2H3/b7-6-,9-5?;. The first kappa shape index (κ1) is 13.9. The molecular formula is C10H22N2. The Balaban J connectivity index is 0. The molecule has 0 aliphatic heterocycles. The van der Waals surface area contributed by atoms with Crippen molar-refractivity contribution in [3.63, 3.8) is 0 Å². The Morgan fingerprint density at radius 3 is 2.08 bits per heavy atom. The SMILES string of the molecule is CC.CC=N/C=C\C(C)N(C)C. The van der Waals surface area contributed by atoms with Gasteiger partial charge in [-0.25, -0.2) is 0 Å². The van der Waals surface area contributed by atoms with Gasteiger partial charge in [-0.05, 0) is 34.0 Å². The first-order valence-electron chi connectivity index (χ1n) is 4.49. The minimum Gasteiger partial charge on any atom is -0.303 e. The second-order valence-electron chi connectivity index (χ2n) is 2.45. The molecule has 0 aromatic rings. The third kappa shape index (κ3) is 9.37. The van der Waals surface area contributed by atoms with Crippen molar-refractivity contribution in [2.45, 2.75) is 33.7 Å². The third-order valence-electron chi connectivity index (χ3n) is 1.41. The van der Waals surface area contributed by atoms with Crippen LogP contribution in [0.4, 0.5) is 0 Å². The van der Waals surface area contributed by atoms with E-state index in [-0.39, 0.29) is 0 Å². The second kappa shape index (κ2) is 10.4. The summed E-state index contributed by atoms with van der Waals surface area (Å²) in [5.41, 5.74) is 0. The molecule has 0 spiro atoms. The van der Waals surface area contributed by atoms with Crippen molar-refractivity contribution < 1.29 is 0 Å². The molecule has 2 heteroatoms. The predicted octanol–water partition coefficient (Wildman–Crippen LogP) is 2.57. The third-order valence-corrected chi connectivity index (χ3v) is 1.41. The summed E-state index contributed by atoms with van der Waals surface area (Å²) in [5.74, 6) is 0. The minimum absolute atomic E-state index is 0.462. The molecule has 0 heterocycles. The second-order valence-corrected chi connectivity index (χ2v) is 2.45. The van der Waals surface area contributed by atoms with Crippen molar-refractivity contribution in [1.29, 1.82) is 0 Å². The van der Waals surface area contributed by atoms with Gasteiger partial charge in [-0.3, -0.25) is 4.99 Å². The van der Waals surface area contributed by atoms with Gasteiger partial charge in [0, 0.05) is 18.5 Å². The Kier molecular flexibility index (Phi) is 12.0. The van der Waals surface area contributed by atoms with Gasteiger partial charge >= 0.3 is 0 Å². The van der Waals surface area contributed by atoms with Crippen LogP contribution in [0, 0.1) is 0 Å². The average molecular weight is 170 g/mol. The van der Waals surface area contributed by atoms with Crippen molar-refractivity contribution in [2.75, 3.05) is 14.1 Å². The fraction of sp³-hybridized carbons (Fsp3) is 0.700. The molecular weight excluding hydrogens is 148 g/mol. The predicted molar refractivity (Wildman–Crippen MR) is 57.8 cm³/mol. The number of likely N-dealkylation sites (N-methyl/N-ethyl adjacent to an activating group) is 1. The molecule has 0 aliphatic rings. The number of hydrogen-bond donors (Lipinski definition) is 0. The molecule has 0 bridgehead atoms. The maximum atomic E-state index is 3.96. The maximum Gasteiger partial charge on any atom is 0.0261 e. The molecule has 2 nitrogen and oxygen atoms in total. The van der Waals surface area contributed by atoms with Gasteiger partial charge in [0.25, 0.3) is 0 Å². The molecule has 0 fully saturated rings. The molecule has 0 rings (SSSR count). The van der Waals surface area contributed by atoms with Gasteiger partial charge in [0.2, 0.25) is 0 Å². The van der Waals surface area contributed by atoms with Crippen LogP contribution < -0.4 is 0 Å². The van der Waals surface area contributed by atoms with Crippen LogP contribution in [-0.2, 0) is 0 Å². The van der Waals surface area contributed by atoms with Crippen LogP contribution in [0.2, 0.25) is 0 Å². The van der Waals surface area contributed by atoms with Crippen LogP contribution in [0.25, 0.3) is 0 Å². The van der Waals surface area contributed by atoms with Gasteiger partial charge in [-0.1, -0.05) is 13.8 Å². The summed E-state index contributed by atoms with van der Waals surface area (Å²) in [5, 5.41) is 0. The quantitative estimate of drug-likeness (QED) is 0.594. The van der Waals surface area contributed by atoms with E-state index in [4.69, 9.17) is 0 Å². The van der Waals surface area contributed by atoms with Gasteiger partial charge < -0.3 is 4.90 Å². The van der Waals surface area contributed by atoms with Crippen molar-refractivity contribution in [3.05, 3.63) is 12.3 Å². The van der Waals surface area contributed by atoms with Crippen molar-refractivity contribution in [3.8, 4) is 0 Å². The normalized spacial score (nSPS) is 13.6. The maximum absolute atomic E-state index is 3.96. The molecule has 0 radical (unpaired) electrons. The Morgan fingerprint density at radius 2 is 1.75 bits per heavy atom. The molecule has 0 N–H and O–H groups in total. The highest BCUT2D eigenvalue weighted by Gasteiger charge is 1.95. The molecule has 0 saturated carbocycles. The van der Waals surface area contributed by atoms with Gasteiger partial charge in [0.15, 0.2) is 0 Å². The van der Waals surface area contributed by atoms with Crippen LogP contribution in [0.15, 0.2) is 17.3 Å². The van der Waals surface area contributed by atoms with Crippen LogP contribution in [-0.4, -0.2) is 31.3 Å². The zero-order valence-corrected chi connectivity index (χ0v) is 9.20. The van der Waals surface area contributed by atoms with E-state index in [1.807, 2.05) is 41.1 Å². The molecule has 0 aromatic heterocycles. The topological polar surface area (TPSA) is 15.6 Å². The summed E-state index contributed by atoms with van der Waals surface area (Å²) in [6.07, 6.45) is 5.66. The summed E-state index contributed by atoms with van der Waals surface area (Å²) in [6.45, 7) is 8.03. The van der Waals surface area contributed by atoms with Crippen molar-refractivity contribution in [1.82, 2.24) is 4.90 Å².